The van der Waals surface area contributed by atoms with Gasteiger partial charge in [0.25, 0.3) is 0 Å². The van der Waals surface area contributed by atoms with Gasteiger partial charge in [-0.1, -0.05) is 18.2 Å². The molecule has 0 saturated carbocycles. The number of carbonyl (C=O) groups is 1. The van der Waals surface area contributed by atoms with Gasteiger partial charge in [-0.3, -0.25) is 4.79 Å². The van der Waals surface area contributed by atoms with Gasteiger partial charge >= 0.3 is 6.18 Å². The van der Waals surface area contributed by atoms with Crippen LogP contribution in [0.25, 0.3) is 6.08 Å². The molecule has 0 saturated heterocycles. The number of allylic oxidation sites excluding steroid dienone is 1. The van der Waals surface area contributed by atoms with Crippen molar-refractivity contribution in [3.8, 4) is 0 Å². The molecule has 0 unspecified atom stereocenters. The Morgan fingerprint density at radius 1 is 1.25 bits per heavy atom. The maximum Gasteiger partial charge on any atom is 0.416 e. The predicted molar refractivity (Wildman–Crippen MR) is 56.6 cm³/mol. The number of halogens is 4. The van der Waals surface area contributed by atoms with Crippen molar-refractivity contribution >= 4 is 24.0 Å². The van der Waals surface area contributed by atoms with Crippen LogP contribution in [0.2, 0.25) is 0 Å². The van der Waals surface area contributed by atoms with Crippen molar-refractivity contribution in [1.29, 1.82) is 0 Å². The van der Waals surface area contributed by atoms with Gasteiger partial charge in [0.05, 0.1) is 5.56 Å². The van der Waals surface area contributed by atoms with E-state index in [9.17, 15) is 18.0 Å². The first kappa shape index (κ1) is 12.8. The normalized spacial score (nSPS) is 12.0. The highest BCUT2D eigenvalue weighted by Gasteiger charge is 2.30. The molecule has 0 aromatic heterocycles. The lowest BCUT2D eigenvalue weighted by Crippen LogP contribution is -2.05. The molecule has 0 aliphatic heterocycles. The summed E-state index contributed by atoms with van der Waals surface area (Å²) in [5.41, 5.74) is -0.419. The van der Waals surface area contributed by atoms with Crippen LogP contribution in [0.3, 0.4) is 0 Å². The van der Waals surface area contributed by atoms with E-state index in [1.54, 1.807) is 6.08 Å². The summed E-state index contributed by atoms with van der Waals surface area (Å²) in [6.45, 7) is 0. The quantitative estimate of drug-likeness (QED) is 0.588. The van der Waals surface area contributed by atoms with Gasteiger partial charge in [0.2, 0.25) is 0 Å². The van der Waals surface area contributed by atoms with Crippen LogP contribution in [0, 0.1) is 0 Å². The maximum absolute atomic E-state index is 12.3. The number of hydrogen-bond acceptors (Lipinski definition) is 1. The first-order valence-corrected chi connectivity index (χ1v) is 4.91. The Morgan fingerprint density at radius 2 is 1.94 bits per heavy atom. The molecule has 0 amide bonds. The van der Waals surface area contributed by atoms with Gasteiger partial charge in [-0.2, -0.15) is 13.2 Å². The predicted octanol–water partition coefficient (Wildman–Crippen LogP) is 3.77. The summed E-state index contributed by atoms with van der Waals surface area (Å²) in [7, 11) is 0. The van der Waals surface area contributed by atoms with Crippen LogP contribution in [0.1, 0.15) is 21.5 Å². The zero-order chi connectivity index (χ0) is 12.2. The number of aldehydes is 1. The Bertz CT molecular complexity index is 410. The number of hydrogen-bond donors (Lipinski definition) is 0. The summed E-state index contributed by atoms with van der Waals surface area (Å²) in [5, 5.41) is 0. The van der Waals surface area contributed by atoms with E-state index in [0.29, 0.717) is 11.8 Å². The Labute approximate surface area is 95.5 Å². The third-order valence-electron chi connectivity index (χ3n) is 1.93. The third kappa shape index (κ3) is 3.10. The van der Waals surface area contributed by atoms with E-state index in [-0.39, 0.29) is 11.4 Å². The van der Waals surface area contributed by atoms with Crippen LogP contribution < -0.4 is 0 Å². The molecule has 1 nitrogen and oxygen atoms in total. The molecule has 16 heavy (non-hydrogen) atoms. The molecule has 1 aromatic carbocycles. The second-order valence-corrected chi connectivity index (χ2v) is 3.32. The summed E-state index contributed by atoms with van der Waals surface area (Å²) in [6, 6.07) is 3.00. The molecule has 5 heteroatoms. The van der Waals surface area contributed by atoms with Crippen molar-refractivity contribution in [2.75, 3.05) is 5.88 Å². The van der Waals surface area contributed by atoms with Gasteiger partial charge in [0, 0.05) is 11.4 Å². The average molecular weight is 249 g/mol. The van der Waals surface area contributed by atoms with Crippen molar-refractivity contribution in [3.05, 3.63) is 41.0 Å². The molecule has 0 heterocycles. The molecular formula is C11H8ClF3O. The minimum absolute atomic E-state index is 0.00353. The highest BCUT2D eigenvalue weighted by molar-refractivity contribution is 6.19. The lowest BCUT2D eigenvalue weighted by atomic mass is 10.0. The monoisotopic (exact) mass is 248 g/mol. The molecule has 0 atom stereocenters. The van der Waals surface area contributed by atoms with E-state index in [4.69, 9.17) is 11.6 Å². The molecule has 0 fully saturated rings. The van der Waals surface area contributed by atoms with Crippen LogP contribution >= 0.6 is 11.6 Å². The van der Waals surface area contributed by atoms with Gasteiger partial charge in [-0.05, 0) is 17.7 Å². The van der Waals surface area contributed by atoms with E-state index in [0.717, 1.165) is 12.1 Å². The smallest absolute Gasteiger partial charge is 0.298 e. The van der Waals surface area contributed by atoms with Crippen LogP contribution in [0.4, 0.5) is 13.2 Å². The second-order valence-electron chi connectivity index (χ2n) is 3.02. The van der Waals surface area contributed by atoms with Gasteiger partial charge in [0.1, 0.15) is 0 Å². The number of carbonyl (C=O) groups excluding carboxylic acids is 1. The molecule has 86 valence electrons. The Morgan fingerprint density at radius 3 is 2.44 bits per heavy atom. The summed E-state index contributed by atoms with van der Waals surface area (Å²) in [5.74, 6) is 0.235. The fourth-order valence-electron chi connectivity index (χ4n) is 1.18. The summed E-state index contributed by atoms with van der Waals surface area (Å²) in [6.07, 6.45) is -0.982. The summed E-state index contributed by atoms with van der Waals surface area (Å²) in [4.78, 5) is 10.6. The largest absolute Gasteiger partial charge is 0.416 e. The zero-order valence-electron chi connectivity index (χ0n) is 8.09. The summed E-state index contributed by atoms with van der Waals surface area (Å²) >= 11 is 5.40. The molecule has 1 aromatic rings. The lowest BCUT2D eigenvalue weighted by Gasteiger charge is -2.08. The molecule has 0 spiro atoms. The van der Waals surface area contributed by atoms with E-state index in [1.165, 1.54) is 12.1 Å². The number of rotatable bonds is 3. The molecule has 0 aliphatic rings. The fourth-order valence-corrected chi connectivity index (χ4v) is 1.27. The van der Waals surface area contributed by atoms with Crippen molar-refractivity contribution in [2.24, 2.45) is 0 Å². The lowest BCUT2D eigenvalue weighted by molar-refractivity contribution is -0.137. The minimum atomic E-state index is -4.44. The summed E-state index contributed by atoms with van der Waals surface area (Å²) < 4.78 is 37.0. The Kier molecular flexibility index (Phi) is 4.12. The Balaban J connectivity index is 3.17. The van der Waals surface area contributed by atoms with Crippen molar-refractivity contribution in [2.45, 2.75) is 6.18 Å². The zero-order valence-corrected chi connectivity index (χ0v) is 8.85. The Hall–Kier alpha value is -1.29. The molecule has 1 rings (SSSR count). The van der Waals surface area contributed by atoms with Crippen molar-refractivity contribution in [1.82, 2.24) is 0 Å². The topological polar surface area (TPSA) is 17.1 Å². The number of benzene rings is 1. The van der Waals surface area contributed by atoms with Gasteiger partial charge < -0.3 is 0 Å². The first-order valence-electron chi connectivity index (χ1n) is 4.38. The van der Waals surface area contributed by atoms with Crippen LogP contribution in [0.15, 0.2) is 24.3 Å². The molecule has 0 aliphatic carbocycles. The molecule has 0 N–H and O–H groups in total. The fraction of sp³-hybridized carbons (Fsp3) is 0.182. The van der Waals surface area contributed by atoms with Gasteiger partial charge in [-0.15, -0.1) is 11.6 Å². The van der Waals surface area contributed by atoms with Gasteiger partial charge in [0.15, 0.2) is 6.29 Å². The van der Waals surface area contributed by atoms with Crippen LogP contribution in [-0.2, 0) is 6.18 Å². The van der Waals surface area contributed by atoms with Gasteiger partial charge in [-0.25, -0.2) is 0 Å². The molecular weight excluding hydrogens is 241 g/mol. The molecule has 0 radical (unpaired) electrons. The first-order chi connectivity index (χ1) is 7.49. The average Bonchev–Trinajstić information content (AvgIpc) is 2.24. The number of alkyl halides is 4. The standard InChI is InChI=1S/C11H8ClF3O/c12-5-1-2-8-3-4-10(11(13,14)15)6-9(8)7-16/h1-4,6-7H,5H2. The van der Waals surface area contributed by atoms with Crippen molar-refractivity contribution < 1.29 is 18.0 Å². The van der Waals surface area contributed by atoms with E-state index < -0.39 is 11.7 Å². The minimum Gasteiger partial charge on any atom is -0.298 e. The van der Waals surface area contributed by atoms with E-state index in [2.05, 4.69) is 0 Å². The highest BCUT2D eigenvalue weighted by Crippen LogP contribution is 2.30. The van der Waals surface area contributed by atoms with E-state index >= 15 is 0 Å². The van der Waals surface area contributed by atoms with E-state index in [1.807, 2.05) is 0 Å². The third-order valence-corrected chi connectivity index (χ3v) is 2.11. The molecule has 0 bridgehead atoms. The van der Waals surface area contributed by atoms with Crippen molar-refractivity contribution in [3.63, 3.8) is 0 Å². The highest BCUT2D eigenvalue weighted by atomic mass is 35.5. The van der Waals surface area contributed by atoms with Crippen LogP contribution in [-0.4, -0.2) is 12.2 Å². The second kappa shape index (κ2) is 5.16. The van der Waals surface area contributed by atoms with Crippen LogP contribution in [0.5, 0.6) is 0 Å². The maximum atomic E-state index is 12.3. The SMILES string of the molecule is O=Cc1cc(C(F)(F)F)ccc1C=CCCl.